The largest absolute Gasteiger partial charge is 0.491 e. The Bertz CT molecular complexity index is 427. The Kier molecular flexibility index (Phi) is 5.36. The second kappa shape index (κ2) is 6.79. The zero-order valence-electron chi connectivity index (χ0n) is 11.0. The van der Waals surface area contributed by atoms with Crippen LogP contribution in [0, 0.1) is 5.92 Å². The van der Waals surface area contributed by atoms with E-state index in [2.05, 4.69) is 19.2 Å². The van der Waals surface area contributed by atoms with Crippen molar-refractivity contribution in [3.63, 3.8) is 0 Å². The van der Waals surface area contributed by atoms with Gasteiger partial charge < -0.3 is 10.1 Å². The number of hydrogen-bond donors (Lipinski definition) is 1. The molecule has 4 nitrogen and oxygen atoms in total. The number of benzene rings is 1. The van der Waals surface area contributed by atoms with Crippen LogP contribution in [0.15, 0.2) is 24.3 Å². The molecule has 1 aromatic rings. The lowest BCUT2D eigenvalue weighted by Crippen LogP contribution is -2.16. The van der Waals surface area contributed by atoms with Gasteiger partial charge in [-0.05, 0) is 25.0 Å². The zero-order chi connectivity index (χ0) is 13.5. The van der Waals surface area contributed by atoms with Gasteiger partial charge in [0.1, 0.15) is 11.5 Å². The summed E-state index contributed by atoms with van der Waals surface area (Å²) < 4.78 is 5.60. The average molecular weight is 249 g/mol. The number of nitrogens with one attached hydrogen (secondary N) is 1. The number of carbonyl (C=O) groups excluding carboxylic acids is 2. The van der Waals surface area contributed by atoms with E-state index in [1.54, 1.807) is 12.1 Å². The summed E-state index contributed by atoms with van der Waals surface area (Å²) in [7, 11) is 0. The van der Waals surface area contributed by atoms with Crippen LogP contribution in [0.3, 0.4) is 0 Å². The smallest absolute Gasteiger partial charge is 0.231 e. The van der Waals surface area contributed by atoms with Crippen LogP contribution in [-0.2, 0) is 9.59 Å². The van der Waals surface area contributed by atoms with Gasteiger partial charge in [0.15, 0.2) is 0 Å². The SMILES string of the molecule is CC(=O)CC(=O)Nc1ccccc1OCC(C)C. The molecule has 0 spiro atoms. The highest BCUT2D eigenvalue weighted by molar-refractivity contribution is 6.04. The van der Waals surface area contributed by atoms with Crippen molar-refractivity contribution < 1.29 is 14.3 Å². The molecule has 0 saturated carbocycles. The minimum atomic E-state index is -0.317. The first-order chi connectivity index (χ1) is 8.49. The number of Topliss-reactive ketones (excluding diaryl/α,β-unsaturated/α-hetero) is 1. The summed E-state index contributed by atoms with van der Waals surface area (Å²) in [5.41, 5.74) is 0.601. The Morgan fingerprint density at radius 3 is 2.56 bits per heavy atom. The highest BCUT2D eigenvalue weighted by Crippen LogP contribution is 2.24. The summed E-state index contributed by atoms with van der Waals surface area (Å²) in [6, 6.07) is 7.21. The second-order valence-corrected chi connectivity index (χ2v) is 4.63. The summed E-state index contributed by atoms with van der Waals surface area (Å²) in [6.45, 7) is 6.08. The van der Waals surface area contributed by atoms with Gasteiger partial charge in [-0.2, -0.15) is 0 Å². The van der Waals surface area contributed by atoms with Crippen molar-refractivity contribution in [3.8, 4) is 5.75 Å². The van der Waals surface area contributed by atoms with Gasteiger partial charge >= 0.3 is 0 Å². The Morgan fingerprint density at radius 1 is 1.28 bits per heavy atom. The molecule has 1 rings (SSSR count). The number of ether oxygens (including phenoxy) is 1. The van der Waals surface area contributed by atoms with E-state index in [1.807, 2.05) is 12.1 Å². The molecule has 1 N–H and O–H groups in total. The Balaban J connectivity index is 2.69. The van der Waals surface area contributed by atoms with Crippen LogP contribution >= 0.6 is 0 Å². The first-order valence-electron chi connectivity index (χ1n) is 6.00. The van der Waals surface area contributed by atoms with Gasteiger partial charge in [-0.25, -0.2) is 0 Å². The number of rotatable bonds is 6. The van der Waals surface area contributed by atoms with Gasteiger partial charge in [-0.15, -0.1) is 0 Å². The average Bonchev–Trinajstić information content (AvgIpc) is 2.26. The normalized spacial score (nSPS) is 10.2. The Labute approximate surface area is 107 Å². The number of para-hydroxylation sites is 2. The Morgan fingerprint density at radius 2 is 1.94 bits per heavy atom. The van der Waals surface area contributed by atoms with Crippen molar-refractivity contribution in [2.75, 3.05) is 11.9 Å². The number of amides is 1. The molecule has 0 aliphatic carbocycles. The molecule has 0 fully saturated rings. The Hall–Kier alpha value is -1.84. The van der Waals surface area contributed by atoms with Crippen LogP contribution in [0.2, 0.25) is 0 Å². The van der Waals surface area contributed by atoms with Crippen molar-refractivity contribution in [1.82, 2.24) is 0 Å². The van der Waals surface area contributed by atoms with E-state index < -0.39 is 0 Å². The molecular formula is C14H19NO3. The predicted molar refractivity (Wildman–Crippen MR) is 70.7 cm³/mol. The number of hydrogen-bond acceptors (Lipinski definition) is 3. The first kappa shape index (κ1) is 14.2. The van der Waals surface area contributed by atoms with Crippen molar-refractivity contribution in [3.05, 3.63) is 24.3 Å². The molecule has 0 radical (unpaired) electrons. The molecule has 0 saturated heterocycles. The van der Waals surface area contributed by atoms with E-state index in [9.17, 15) is 9.59 Å². The summed E-state index contributed by atoms with van der Waals surface area (Å²) >= 11 is 0. The highest BCUT2D eigenvalue weighted by atomic mass is 16.5. The van der Waals surface area contributed by atoms with Crippen molar-refractivity contribution in [2.24, 2.45) is 5.92 Å². The number of ketones is 1. The van der Waals surface area contributed by atoms with Crippen LogP contribution in [0.4, 0.5) is 5.69 Å². The van der Waals surface area contributed by atoms with Crippen molar-refractivity contribution in [1.29, 1.82) is 0 Å². The number of carbonyl (C=O) groups is 2. The van der Waals surface area contributed by atoms with E-state index in [4.69, 9.17) is 4.74 Å². The molecule has 0 aliphatic rings. The summed E-state index contributed by atoms with van der Waals surface area (Å²) in [5.74, 6) is 0.560. The quantitative estimate of drug-likeness (QED) is 0.788. The van der Waals surface area contributed by atoms with Crippen molar-refractivity contribution in [2.45, 2.75) is 27.2 Å². The van der Waals surface area contributed by atoms with Crippen LogP contribution < -0.4 is 10.1 Å². The van der Waals surface area contributed by atoms with E-state index in [-0.39, 0.29) is 18.1 Å². The van der Waals surface area contributed by atoms with Crippen LogP contribution in [0.25, 0.3) is 0 Å². The first-order valence-corrected chi connectivity index (χ1v) is 6.00. The maximum absolute atomic E-state index is 11.5. The monoisotopic (exact) mass is 249 g/mol. The third-order valence-electron chi connectivity index (χ3n) is 2.14. The predicted octanol–water partition coefficient (Wildman–Crippen LogP) is 2.64. The molecule has 0 heterocycles. The minimum absolute atomic E-state index is 0.113. The fraction of sp³-hybridized carbons (Fsp3) is 0.429. The van der Waals surface area contributed by atoms with Crippen molar-refractivity contribution >= 4 is 17.4 Å². The van der Waals surface area contributed by atoms with Gasteiger partial charge in [-0.1, -0.05) is 26.0 Å². The lowest BCUT2D eigenvalue weighted by atomic mass is 10.2. The molecular weight excluding hydrogens is 230 g/mol. The third-order valence-corrected chi connectivity index (χ3v) is 2.14. The molecule has 1 amide bonds. The van der Waals surface area contributed by atoms with E-state index in [0.717, 1.165) is 0 Å². The van der Waals surface area contributed by atoms with Gasteiger partial charge in [0.25, 0.3) is 0 Å². The molecule has 18 heavy (non-hydrogen) atoms. The summed E-state index contributed by atoms with van der Waals surface area (Å²) in [6.07, 6.45) is -0.113. The highest BCUT2D eigenvalue weighted by Gasteiger charge is 2.09. The summed E-state index contributed by atoms with van der Waals surface area (Å²) in [4.78, 5) is 22.4. The van der Waals surface area contributed by atoms with Gasteiger partial charge in [0.05, 0.1) is 18.7 Å². The van der Waals surface area contributed by atoms with E-state index >= 15 is 0 Å². The maximum atomic E-state index is 11.5. The van der Waals surface area contributed by atoms with Gasteiger partial charge in [0, 0.05) is 0 Å². The number of anilines is 1. The van der Waals surface area contributed by atoms with Crippen LogP contribution in [0.5, 0.6) is 5.75 Å². The molecule has 4 heteroatoms. The van der Waals surface area contributed by atoms with Crippen LogP contribution in [-0.4, -0.2) is 18.3 Å². The second-order valence-electron chi connectivity index (χ2n) is 4.63. The molecule has 0 bridgehead atoms. The standard InChI is InChI=1S/C14H19NO3/c1-10(2)9-18-13-7-5-4-6-12(13)15-14(17)8-11(3)16/h4-7,10H,8-9H2,1-3H3,(H,15,17). The van der Waals surface area contributed by atoms with Crippen LogP contribution in [0.1, 0.15) is 27.2 Å². The topological polar surface area (TPSA) is 55.4 Å². The fourth-order valence-electron chi connectivity index (χ4n) is 1.37. The molecule has 0 atom stereocenters. The van der Waals surface area contributed by atoms with Gasteiger partial charge in [0.2, 0.25) is 5.91 Å². The fourth-order valence-corrected chi connectivity index (χ4v) is 1.37. The minimum Gasteiger partial charge on any atom is -0.491 e. The maximum Gasteiger partial charge on any atom is 0.231 e. The molecule has 98 valence electrons. The lowest BCUT2D eigenvalue weighted by Gasteiger charge is -2.13. The lowest BCUT2D eigenvalue weighted by molar-refractivity contribution is -0.124. The van der Waals surface area contributed by atoms with Gasteiger partial charge in [-0.3, -0.25) is 9.59 Å². The third kappa shape index (κ3) is 4.99. The zero-order valence-corrected chi connectivity index (χ0v) is 11.0. The summed E-state index contributed by atoms with van der Waals surface area (Å²) in [5, 5.41) is 2.68. The van der Waals surface area contributed by atoms with E-state index in [1.165, 1.54) is 6.92 Å². The molecule has 0 aliphatic heterocycles. The van der Waals surface area contributed by atoms with E-state index in [0.29, 0.717) is 24.0 Å². The molecule has 0 unspecified atom stereocenters. The molecule has 0 aromatic heterocycles. The molecule has 1 aromatic carbocycles.